The third kappa shape index (κ3) is 4.47. The van der Waals surface area contributed by atoms with E-state index in [0.717, 1.165) is 15.2 Å². The van der Waals surface area contributed by atoms with Gasteiger partial charge in [0.2, 0.25) is 0 Å². The van der Waals surface area contributed by atoms with E-state index >= 15 is 0 Å². The normalized spacial score (nSPS) is 21.1. The van der Waals surface area contributed by atoms with Crippen LogP contribution in [0.2, 0.25) is 10.6 Å². The summed E-state index contributed by atoms with van der Waals surface area (Å²) in [6.07, 6.45) is 7.36. The zero-order chi connectivity index (χ0) is 11.1. The molecule has 0 aromatic carbocycles. The van der Waals surface area contributed by atoms with E-state index in [1.54, 1.807) is 0 Å². The van der Waals surface area contributed by atoms with Gasteiger partial charge in [0.15, 0.2) is 0 Å². The van der Waals surface area contributed by atoms with Crippen molar-refractivity contribution in [1.82, 2.24) is 0 Å². The van der Waals surface area contributed by atoms with Gasteiger partial charge in [-0.1, -0.05) is 50.4 Å². The van der Waals surface area contributed by atoms with E-state index < -0.39 is 0 Å². The predicted octanol–water partition coefficient (Wildman–Crippen LogP) is 2.88. The summed E-state index contributed by atoms with van der Waals surface area (Å²) in [7, 11) is 0. The Morgan fingerprint density at radius 3 is 1.53 bits per heavy atom. The van der Waals surface area contributed by atoms with E-state index in [2.05, 4.69) is 13.8 Å². The Hall–Kier alpha value is 0.492. The minimum Gasteiger partial charge on any atom is -0.852 e. The Morgan fingerprint density at radius 2 is 1.40 bits per heavy atom. The molecule has 0 heterocycles. The molecule has 2 fully saturated rings. The molecule has 0 unspecified atom stereocenters. The minimum absolute atomic E-state index is 0.178. The summed E-state index contributed by atoms with van der Waals surface area (Å²) < 4.78 is 0. The van der Waals surface area contributed by atoms with Gasteiger partial charge < -0.3 is 5.11 Å². The van der Waals surface area contributed by atoms with Crippen molar-refractivity contribution in [3.05, 3.63) is 0 Å². The van der Waals surface area contributed by atoms with Gasteiger partial charge in [-0.3, -0.25) is 0 Å². The van der Waals surface area contributed by atoms with Gasteiger partial charge >= 0.3 is 39.6 Å². The van der Waals surface area contributed by atoms with Crippen LogP contribution in [0.3, 0.4) is 0 Å². The van der Waals surface area contributed by atoms with Crippen LogP contribution in [0.4, 0.5) is 0 Å². The molecule has 0 spiro atoms. The van der Waals surface area contributed by atoms with E-state index in [1.165, 1.54) is 49.1 Å². The molecule has 2 aliphatic rings. The molecular formula is C13H25AlO. The molecule has 0 N–H and O–H groups in total. The van der Waals surface area contributed by atoms with E-state index in [4.69, 9.17) is 0 Å². The smallest absolute Gasteiger partial charge is 0.0515 e. The van der Waals surface area contributed by atoms with Crippen LogP contribution in [-0.4, -0.2) is 21.3 Å². The molecule has 0 saturated heterocycles. The Kier molecular flexibility index (Phi) is 6.97. The summed E-state index contributed by atoms with van der Waals surface area (Å²) in [5, 5.41) is 14.3. The number of hydrogen-bond donors (Lipinski definition) is 0. The van der Waals surface area contributed by atoms with Crippen molar-refractivity contribution in [1.29, 1.82) is 0 Å². The van der Waals surface area contributed by atoms with E-state index in [-0.39, 0.29) is 6.10 Å². The monoisotopic (exact) mass is 224 g/mol. The van der Waals surface area contributed by atoms with Crippen LogP contribution in [0.15, 0.2) is 0 Å². The summed E-state index contributed by atoms with van der Waals surface area (Å²) in [6.45, 7) is 4.50. The van der Waals surface area contributed by atoms with Gasteiger partial charge in [-0.15, -0.1) is 6.10 Å². The molecule has 2 heteroatoms. The zero-order valence-corrected chi connectivity index (χ0v) is 11.5. The van der Waals surface area contributed by atoms with E-state index in [9.17, 15) is 5.11 Å². The van der Waals surface area contributed by atoms with E-state index in [0.29, 0.717) is 11.8 Å². The second-order valence-electron chi connectivity index (χ2n) is 4.95. The van der Waals surface area contributed by atoms with Crippen LogP contribution in [-0.2, 0) is 0 Å². The summed E-state index contributed by atoms with van der Waals surface area (Å²) >= 11 is 0.815. The molecule has 0 aromatic heterocycles. The molecule has 2 rings (SSSR count). The summed E-state index contributed by atoms with van der Waals surface area (Å²) in [4.78, 5) is 0. The van der Waals surface area contributed by atoms with Crippen molar-refractivity contribution in [2.24, 2.45) is 11.8 Å². The maximum Gasteiger partial charge on any atom is -0.0515 e. The Balaban J connectivity index is 0.000000195. The Labute approximate surface area is 101 Å². The first-order valence-corrected chi connectivity index (χ1v) is 8.40. The van der Waals surface area contributed by atoms with Gasteiger partial charge in [-0.2, -0.15) is 0 Å². The third-order valence-electron chi connectivity index (χ3n) is 3.81. The van der Waals surface area contributed by atoms with Gasteiger partial charge in [0.25, 0.3) is 0 Å². The molecule has 0 amide bonds. The first kappa shape index (κ1) is 13.6. The Bertz CT molecular complexity index is 137. The molecule has 1 nitrogen and oxygen atoms in total. The standard InChI is InChI=1S/C9H15O.2C2H5.Al/c10-9(7-3-1-4-7)8-5-2-6-8;2*1-2;/h7-9H,1-6H2;2*1H2,2H3;/q-1;;;+1. The van der Waals surface area contributed by atoms with Gasteiger partial charge in [0, 0.05) is 0 Å². The zero-order valence-electron chi connectivity index (χ0n) is 10.4. The number of rotatable bonds is 4. The van der Waals surface area contributed by atoms with Crippen molar-refractivity contribution in [3.8, 4) is 0 Å². The maximum atomic E-state index is 11.5. The minimum atomic E-state index is -0.178. The average Bonchev–Trinajstić information content (AvgIpc) is 1.99. The van der Waals surface area contributed by atoms with Crippen LogP contribution in [0.25, 0.3) is 0 Å². The second-order valence-corrected chi connectivity index (χ2v) is 7.16. The van der Waals surface area contributed by atoms with Crippen molar-refractivity contribution in [2.75, 3.05) is 0 Å². The molecule has 0 aromatic rings. The maximum absolute atomic E-state index is 11.5. The topological polar surface area (TPSA) is 23.1 Å². The molecule has 0 bridgehead atoms. The fourth-order valence-corrected chi connectivity index (χ4v) is 2.79. The molecule has 0 atom stereocenters. The van der Waals surface area contributed by atoms with Crippen molar-refractivity contribution < 1.29 is 5.11 Å². The summed E-state index contributed by atoms with van der Waals surface area (Å²) in [6, 6.07) is 0. The van der Waals surface area contributed by atoms with Gasteiger partial charge in [-0.25, -0.2) is 0 Å². The molecule has 2 aliphatic carbocycles. The SMILES string of the molecule is C[CH2][Al+][CH2]C.[O-]C(C1CCC1)C1CCC1. The molecule has 86 valence electrons. The van der Waals surface area contributed by atoms with Crippen LogP contribution in [0, 0.1) is 11.8 Å². The second kappa shape index (κ2) is 7.71. The predicted molar refractivity (Wildman–Crippen MR) is 65.2 cm³/mol. The third-order valence-corrected chi connectivity index (χ3v) is 4.96. The Morgan fingerprint density at radius 1 is 1.00 bits per heavy atom. The first-order valence-electron chi connectivity index (χ1n) is 6.77. The van der Waals surface area contributed by atoms with Gasteiger partial charge in [-0.05, 0) is 0 Å². The average molecular weight is 224 g/mol. The van der Waals surface area contributed by atoms with Crippen LogP contribution in [0.5, 0.6) is 0 Å². The first-order chi connectivity index (χ1) is 7.29. The number of hydrogen-bond acceptors (Lipinski definition) is 1. The molecule has 2 saturated carbocycles. The quantitative estimate of drug-likeness (QED) is 0.673. The van der Waals surface area contributed by atoms with Gasteiger partial charge in [0.1, 0.15) is 0 Å². The largest absolute Gasteiger partial charge is 0.852 e. The van der Waals surface area contributed by atoms with Crippen LogP contribution >= 0.6 is 0 Å². The summed E-state index contributed by atoms with van der Waals surface area (Å²) in [5.74, 6) is 1.15. The fourth-order valence-electron chi connectivity index (χ4n) is 2.21. The molecular weight excluding hydrogens is 199 g/mol. The molecule has 15 heavy (non-hydrogen) atoms. The van der Waals surface area contributed by atoms with Crippen LogP contribution < -0.4 is 5.11 Å². The van der Waals surface area contributed by atoms with E-state index in [1.807, 2.05) is 0 Å². The molecule has 0 aliphatic heterocycles. The fraction of sp³-hybridized carbons (Fsp3) is 1.00. The van der Waals surface area contributed by atoms with Gasteiger partial charge in [0.05, 0.1) is 0 Å². The summed E-state index contributed by atoms with van der Waals surface area (Å²) in [5.41, 5.74) is 0. The van der Waals surface area contributed by atoms with Crippen LogP contribution in [0.1, 0.15) is 52.4 Å². The molecule has 0 radical (unpaired) electrons. The van der Waals surface area contributed by atoms with Crippen molar-refractivity contribution >= 4 is 15.2 Å². The van der Waals surface area contributed by atoms with Crippen molar-refractivity contribution in [3.63, 3.8) is 0 Å². The van der Waals surface area contributed by atoms with Crippen molar-refractivity contribution in [2.45, 2.75) is 69.0 Å².